The van der Waals surface area contributed by atoms with Crippen LogP contribution in [-0.4, -0.2) is 30.9 Å². The molecule has 0 bridgehead atoms. The van der Waals surface area contributed by atoms with E-state index >= 15 is 0 Å². The molecule has 0 aromatic heterocycles. The molecule has 7 heteroatoms. The van der Waals surface area contributed by atoms with Gasteiger partial charge in [0.05, 0.1) is 22.9 Å². The van der Waals surface area contributed by atoms with Crippen LogP contribution in [0.2, 0.25) is 0 Å². The number of thiol groups is 1. The highest BCUT2D eigenvalue weighted by molar-refractivity contribution is 7.81. The molecule has 0 aliphatic heterocycles. The van der Waals surface area contributed by atoms with Crippen molar-refractivity contribution in [3.63, 3.8) is 0 Å². The van der Waals surface area contributed by atoms with Gasteiger partial charge in [-0.2, -0.15) is 17.9 Å². The number of benzene rings is 2. The molecule has 0 heterocycles. The maximum atomic E-state index is 12.1. The molecule has 0 spiro atoms. The van der Waals surface area contributed by atoms with Crippen LogP contribution in [0.15, 0.2) is 48.5 Å². The third-order valence-corrected chi connectivity index (χ3v) is 3.29. The maximum absolute atomic E-state index is 12.1. The van der Waals surface area contributed by atoms with E-state index in [0.717, 1.165) is 0 Å². The summed E-state index contributed by atoms with van der Waals surface area (Å²) in [7, 11) is 0. The Bertz CT molecular complexity index is 766. The van der Waals surface area contributed by atoms with Crippen LogP contribution in [0.25, 0.3) is 0 Å². The Hall–Kier alpha value is -2.98. The highest BCUT2D eigenvalue weighted by Gasteiger charge is 2.09. The van der Waals surface area contributed by atoms with E-state index in [1.807, 2.05) is 6.07 Å². The summed E-state index contributed by atoms with van der Waals surface area (Å²) in [5.41, 5.74) is 0.847. The van der Waals surface area contributed by atoms with Crippen LogP contribution in [-0.2, 0) is 9.53 Å². The van der Waals surface area contributed by atoms with Gasteiger partial charge in [-0.05, 0) is 48.5 Å². The van der Waals surface area contributed by atoms with Crippen LogP contribution in [0.1, 0.15) is 15.9 Å². The fourth-order valence-electron chi connectivity index (χ4n) is 1.81. The van der Waals surface area contributed by atoms with E-state index in [0.29, 0.717) is 22.6 Å². The second-order valence-electron chi connectivity index (χ2n) is 4.78. The molecule has 6 nitrogen and oxygen atoms in total. The predicted octanol–water partition coefficient (Wildman–Crippen LogP) is 2.63. The lowest BCUT2D eigenvalue weighted by Crippen LogP contribution is -2.13. The second kappa shape index (κ2) is 9.35. The van der Waals surface area contributed by atoms with Crippen LogP contribution in [0.3, 0.4) is 0 Å². The van der Waals surface area contributed by atoms with Gasteiger partial charge >= 0.3 is 11.9 Å². The van der Waals surface area contributed by atoms with Crippen molar-refractivity contribution in [2.75, 3.05) is 19.0 Å². The predicted molar refractivity (Wildman–Crippen MR) is 92.9 cm³/mol. The van der Waals surface area contributed by atoms with E-state index in [1.165, 1.54) is 0 Å². The summed E-state index contributed by atoms with van der Waals surface area (Å²) in [5.74, 6) is -0.00487. The van der Waals surface area contributed by atoms with Crippen LogP contribution in [0, 0.1) is 11.3 Å². The number of nitriles is 1. The molecule has 0 aliphatic carbocycles. The average Bonchev–Trinajstić information content (AvgIpc) is 2.66. The van der Waals surface area contributed by atoms with Crippen LogP contribution in [0.5, 0.6) is 11.5 Å². The van der Waals surface area contributed by atoms with E-state index in [1.54, 1.807) is 48.5 Å². The average molecular weight is 357 g/mol. The Labute approximate surface area is 150 Å². The standard InChI is InChI=1S/C18H15NO5S/c19-11-13-1-5-16(6-2-13)24-18(21)14-3-7-15(8-4-14)22-9-10-23-17(20)12-25/h1-8,25H,9-10,12H2. The fourth-order valence-corrected chi connectivity index (χ4v) is 1.90. The van der Waals surface area contributed by atoms with Gasteiger partial charge in [0.2, 0.25) is 0 Å². The SMILES string of the molecule is N#Cc1ccc(OC(=O)c2ccc(OCCOC(=O)CS)cc2)cc1. The van der Waals surface area contributed by atoms with Gasteiger partial charge in [-0.25, -0.2) is 4.79 Å². The van der Waals surface area contributed by atoms with Gasteiger partial charge in [-0.15, -0.1) is 0 Å². The molecule has 0 N–H and O–H groups in total. The van der Waals surface area contributed by atoms with E-state index in [4.69, 9.17) is 19.5 Å². The zero-order valence-corrected chi connectivity index (χ0v) is 14.1. The lowest BCUT2D eigenvalue weighted by Gasteiger charge is -2.08. The van der Waals surface area contributed by atoms with Crippen molar-refractivity contribution in [3.05, 3.63) is 59.7 Å². The van der Waals surface area contributed by atoms with Gasteiger partial charge in [0.25, 0.3) is 0 Å². The summed E-state index contributed by atoms with van der Waals surface area (Å²) in [5, 5.41) is 8.73. The summed E-state index contributed by atoms with van der Waals surface area (Å²) >= 11 is 3.79. The number of ether oxygens (including phenoxy) is 3. The number of rotatable bonds is 7. The molecule has 0 aliphatic rings. The lowest BCUT2D eigenvalue weighted by atomic mass is 10.2. The number of hydrogen-bond donors (Lipinski definition) is 1. The molecule has 0 fully saturated rings. The van der Waals surface area contributed by atoms with Crippen molar-refractivity contribution >= 4 is 24.6 Å². The molecule has 0 unspecified atom stereocenters. The van der Waals surface area contributed by atoms with Crippen molar-refractivity contribution in [2.24, 2.45) is 0 Å². The highest BCUT2D eigenvalue weighted by atomic mass is 32.1. The topological polar surface area (TPSA) is 85.6 Å². The molecule has 128 valence electrons. The Morgan fingerprint density at radius 1 is 0.960 bits per heavy atom. The first-order valence-electron chi connectivity index (χ1n) is 7.34. The second-order valence-corrected chi connectivity index (χ2v) is 5.09. The summed E-state index contributed by atoms with van der Waals surface area (Å²) in [6.07, 6.45) is 0. The minimum absolute atomic E-state index is 0.0239. The molecular weight excluding hydrogens is 342 g/mol. The minimum atomic E-state index is -0.515. The molecule has 0 amide bonds. The van der Waals surface area contributed by atoms with Crippen molar-refractivity contribution in [3.8, 4) is 17.6 Å². The largest absolute Gasteiger partial charge is 0.490 e. The number of carbonyl (C=O) groups is 2. The van der Waals surface area contributed by atoms with Crippen molar-refractivity contribution in [1.29, 1.82) is 5.26 Å². The van der Waals surface area contributed by atoms with Crippen LogP contribution in [0.4, 0.5) is 0 Å². The smallest absolute Gasteiger partial charge is 0.343 e. The fraction of sp³-hybridized carbons (Fsp3) is 0.167. The van der Waals surface area contributed by atoms with E-state index in [-0.39, 0.29) is 19.0 Å². The van der Waals surface area contributed by atoms with Crippen LogP contribution >= 0.6 is 12.6 Å². The summed E-state index contributed by atoms with van der Waals surface area (Å²) < 4.78 is 15.4. The number of nitrogens with zero attached hydrogens (tertiary/aromatic N) is 1. The first-order chi connectivity index (χ1) is 12.1. The van der Waals surface area contributed by atoms with Gasteiger partial charge in [0, 0.05) is 0 Å². The van der Waals surface area contributed by atoms with Gasteiger partial charge in [-0.3, -0.25) is 4.79 Å². The first kappa shape index (κ1) is 18.4. The maximum Gasteiger partial charge on any atom is 0.343 e. The van der Waals surface area contributed by atoms with E-state index < -0.39 is 11.9 Å². The number of carbonyl (C=O) groups excluding carboxylic acids is 2. The summed E-state index contributed by atoms with van der Waals surface area (Å²) in [6, 6.07) is 14.6. The molecule has 0 saturated heterocycles. The Morgan fingerprint density at radius 3 is 2.20 bits per heavy atom. The van der Waals surface area contributed by atoms with Crippen molar-refractivity contribution < 1.29 is 23.8 Å². The van der Waals surface area contributed by atoms with E-state index in [2.05, 4.69) is 12.6 Å². The van der Waals surface area contributed by atoms with Gasteiger partial charge in [0.15, 0.2) is 0 Å². The molecule has 2 aromatic carbocycles. The summed E-state index contributed by atoms with van der Waals surface area (Å²) in [6.45, 7) is 0.330. The minimum Gasteiger partial charge on any atom is -0.490 e. The highest BCUT2D eigenvalue weighted by Crippen LogP contribution is 2.16. The lowest BCUT2D eigenvalue weighted by molar-refractivity contribution is -0.141. The van der Waals surface area contributed by atoms with E-state index in [9.17, 15) is 9.59 Å². The monoisotopic (exact) mass is 357 g/mol. The molecule has 2 rings (SSSR count). The Morgan fingerprint density at radius 2 is 1.60 bits per heavy atom. The van der Waals surface area contributed by atoms with Gasteiger partial charge in [-0.1, -0.05) is 0 Å². The Kier molecular flexibility index (Phi) is 6.87. The van der Waals surface area contributed by atoms with Crippen molar-refractivity contribution in [1.82, 2.24) is 0 Å². The molecule has 25 heavy (non-hydrogen) atoms. The normalized spacial score (nSPS) is 9.76. The summed E-state index contributed by atoms with van der Waals surface area (Å²) in [4.78, 5) is 23.0. The quantitative estimate of drug-likeness (QED) is 0.355. The molecule has 2 aromatic rings. The number of hydrogen-bond acceptors (Lipinski definition) is 7. The zero-order chi connectivity index (χ0) is 18.1. The Balaban J connectivity index is 1.85. The molecule has 0 atom stereocenters. The van der Waals surface area contributed by atoms with Crippen LogP contribution < -0.4 is 9.47 Å². The van der Waals surface area contributed by atoms with Gasteiger partial charge < -0.3 is 14.2 Å². The molecular formula is C18H15NO5S. The third kappa shape index (κ3) is 5.86. The van der Waals surface area contributed by atoms with Gasteiger partial charge in [0.1, 0.15) is 24.7 Å². The zero-order valence-electron chi connectivity index (χ0n) is 13.2. The molecule has 0 saturated carbocycles. The third-order valence-electron chi connectivity index (χ3n) is 3.03. The first-order valence-corrected chi connectivity index (χ1v) is 7.97. The number of esters is 2. The molecule has 0 radical (unpaired) electrons. The van der Waals surface area contributed by atoms with Crippen molar-refractivity contribution in [2.45, 2.75) is 0 Å².